The maximum absolute atomic E-state index is 13.5. The lowest BCUT2D eigenvalue weighted by atomic mass is 10.1. The molecule has 0 radical (unpaired) electrons. The molecule has 100 valence electrons. The minimum absolute atomic E-state index is 0.135. The van der Waals surface area contributed by atoms with Crippen molar-refractivity contribution in [1.29, 1.82) is 0 Å². The molecule has 1 aromatic carbocycles. The van der Waals surface area contributed by atoms with Gasteiger partial charge >= 0.3 is 5.69 Å². The van der Waals surface area contributed by atoms with Gasteiger partial charge in [-0.3, -0.25) is 14.9 Å². The van der Waals surface area contributed by atoms with E-state index in [0.717, 1.165) is 18.6 Å². The van der Waals surface area contributed by atoms with Gasteiger partial charge in [0.15, 0.2) is 0 Å². The smallest absolute Gasteiger partial charge is 0.304 e. The highest BCUT2D eigenvalue weighted by Gasteiger charge is 2.21. The van der Waals surface area contributed by atoms with Crippen LogP contribution >= 0.6 is 0 Å². The van der Waals surface area contributed by atoms with Gasteiger partial charge in [0.25, 0.3) is 5.91 Å². The number of hydrogen-bond donors (Lipinski definition) is 0. The van der Waals surface area contributed by atoms with E-state index in [9.17, 15) is 19.3 Å². The zero-order valence-corrected chi connectivity index (χ0v) is 10.4. The topological polar surface area (TPSA) is 63.5 Å². The summed E-state index contributed by atoms with van der Waals surface area (Å²) in [5.74, 6) is -1.29. The second kappa shape index (κ2) is 5.17. The molecule has 6 heteroatoms. The summed E-state index contributed by atoms with van der Waals surface area (Å²) in [7, 11) is 0. The number of nitro benzene ring substituents is 1. The van der Waals surface area contributed by atoms with E-state index in [1.807, 2.05) is 13.0 Å². The number of rotatable bonds is 2. The molecule has 5 nitrogen and oxygen atoms in total. The van der Waals surface area contributed by atoms with Crippen molar-refractivity contribution in [3.05, 3.63) is 51.3 Å². The Hall–Kier alpha value is -2.24. The SMILES string of the molecule is CC1=CCN(C(=O)c2ccc([N+](=O)[O-])c(F)c2)CC1. The monoisotopic (exact) mass is 264 g/mol. The summed E-state index contributed by atoms with van der Waals surface area (Å²) in [4.78, 5) is 23.4. The summed E-state index contributed by atoms with van der Waals surface area (Å²) in [6, 6.07) is 3.23. The van der Waals surface area contributed by atoms with Crippen molar-refractivity contribution in [1.82, 2.24) is 4.90 Å². The highest BCUT2D eigenvalue weighted by Crippen LogP contribution is 2.20. The van der Waals surface area contributed by atoms with Crippen LogP contribution in [0.5, 0.6) is 0 Å². The molecule has 1 heterocycles. The van der Waals surface area contributed by atoms with Crippen LogP contribution < -0.4 is 0 Å². The minimum atomic E-state index is -0.986. The van der Waals surface area contributed by atoms with Gasteiger partial charge in [0, 0.05) is 24.7 Å². The van der Waals surface area contributed by atoms with Crippen LogP contribution in [0.2, 0.25) is 0 Å². The summed E-state index contributed by atoms with van der Waals surface area (Å²) in [5, 5.41) is 10.5. The fourth-order valence-corrected chi connectivity index (χ4v) is 1.93. The Morgan fingerprint density at radius 1 is 1.47 bits per heavy atom. The normalized spacial score (nSPS) is 15.1. The highest BCUT2D eigenvalue weighted by molar-refractivity contribution is 5.94. The molecule has 0 aromatic heterocycles. The van der Waals surface area contributed by atoms with Crippen molar-refractivity contribution < 1.29 is 14.1 Å². The van der Waals surface area contributed by atoms with E-state index < -0.39 is 16.4 Å². The maximum Gasteiger partial charge on any atom is 0.304 e. The highest BCUT2D eigenvalue weighted by atomic mass is 19.1. The number of benzene rings is 1. The molecule has 0 atom stereocenters. The summed E-state index contributed by atoms with van der Waals surface area (Å²) >= 11 is 0. The van der Waals surface area contributed by atoms with Gasteiger partial charge in [-0.25, -0.2) is 0 Å². The average molecular weight is 264 g/mol. The summed E-state index contributed by atoms with van der Waals surface area (Å²) in [5.41, 5.74) is 0.737. The van der Waals surface area contributed by atoms with Gasteiger partial charge in [-0.1, -0.05) is 11.6 Å². The maximum atomic E-state index is 13.5. The van der Waals surface area contributed by atoms with Gasteiger partial charge in [-0.15, -0.1) is 0 Å². The number of nitro groups is 1. The molecule has 1 aliphatic heterocycles. The van der Waals surface area contributed by atoms with Gasteiger partial charge in [-0.05, 0) is 25.5 Å². The molecule has 1 aliphatic rings. The van der Waals surface area contributed by atoms with Gasteiger partial charge in [-0.2, -0.15) is 4.39 Å². The molecule has 2 rings (SSSR count). The van der Waals surface area contributed by atoms with Crippen LogP contribution in [0.25, 0.3) is 0 Å². The van der Waals surface area contributed by atoms with Crippen molar-refractivity contribution in [3.63, 3.8) is 0 Å². The van der Waals surface area contributed by atoms with E-state index in [4.69, 9.17) is 0 Å². The number of halogens is 1. The first-order valence-corrected chi connectivity index (χ1v) is 5.88. The summed E-state index contributed by atoms with van der Waals surface area (Å²) in [6.07, 6.45) is 2.74. The largest absolute Gasteiger partial charge is 0.335 e. The van der Waals surface area contributed by atoms with Crippen LogP contribution in [0.3, 0.4) is 0 Å². The molecule has 1 aromatic rings. The molecule has 0 saturated carbocycles. The molecule has 0 saturated heterocycles. The fraction of sp³-hybridized carbons (Fsp3) is 0.308. The van der Waals surface area contributed by atoms with Crippen LogP contribution in [-0.2, 0) is 0 Å². The molecule has 0 fully saturated rings. The van der Waals surface area contributed by atoms with Crippen molar-refractivity contribution in [3.8, 4) is 0 Å². The number of carbonyl (C=O) groups is 1. The zero-order valence-electron chi connectivity index (χ0n) is 10.4. The Bertz CT molecular complexity index is 569. The van der Waals surface area contributed by atoms with E-state index in [1.54, 1.807) is 4.90 Å². The third-order valence-electron chi connectivity index (χ3n) is 3.11. The predicted octanol–water partition coefficient (Wildman–Crippen LogP) is 2.53. The second-order valence-corrected chi connectivity index (χ2v) is 4.47. The van der Waals surface area contributed by atoms with Gasteiger partial charge in [0.2, 0.25) is 5.82 Å². The Morgan fingerprint density at radius 2 is 2.21 bits per heavy atom. The van der Waals surface area contributed by atoms with Crippen LogP contribution in [0.4, 0.5) is 10.1 Å². The third kappa shape index (κ3) is 2.78. The van der Waals surface area contributed by atoms with Gasteiger partial charge in [0.05, 0.1) is 4.92 Å². The second-order valence-electron chi connectivity index (χ2n) is 4.47. The van der Waals surface area contributed by atoms with E-state index in [2.05, 4.69) is 0 Å². The van der Waals surface area contributed by atoms with E-state index in [1.165, 1.54) is 11.6 Å². The molecule has 0 spiro atoms. The number of nitrogens with zero attached hydrogens (tertiary/aromatic N) is 2. The lowest BCUT2D eigenvalue weighted by Gasteiger charge is -2.25. The zero-order chi connectivity index (χ0) is 14.0. The van der Waals surface area contributed by atoms with E-state index >= 15 is 0 Å². The molecule has 0 bridgehead atoms. The number of carbonyl (C=O) groups excluding carboxylic acids is 1. The molecular formula is C13H13FN2O3. The molecule has 0 N–H and O–H groups in total. The quantitative estimate of drug-likeness (QED) is 0.468. The van der Waals surface area contributed by atoms with Crippen LogP contribution in [0.15, 0.2) is 29.8 Å². The first-order valence-electron chi connectivity index (χ1n) is 5.88. The Labute approximate surface area is 109 Å². The first-order chi connectivity index (χ1) is 8.99. The number of hydrogen-bond acceptors (Lipinski definition) is 3. The molecule has 19 heavy (non-hydrogen) atoms. The van der Waals surface area contributed by atoms with Crippen LogP contribution in [-0.4, -0.2) is 28.8 Å². The third-order valence-corrected chi connectivity index (χ3v) is 3.11. The van der Waals surface area contributed by atoms with Crippen molar-refractivity contribution in [2.24, 2.45) is 0 Å². The Balaban J connectivity index is 2.21. The van der Waals surface area contributed by atoms with Gasteiger partial charge < -0.3 is 4.90 Å². The lowest BCUT2D eigenvalue weighted by Crippen LogP contribution is -2.34. The average Bonchev–Trinajstić information content (AvgIpc) is 2.38. The van der Waals surface area contributed by atoms with Crippen LogP contribution in [0, 0.1) is 15.9 Å². The first kappa shape index (κ1) is 13.2. The molecule has 0 unspecified atom stereocenters. The predicted molar refractivity (Wildman–Crippen MR) is 67.3 cm³/mol. The minimum Gasteiger partial charge on any atom is -0.335 e. The fourth-order valence-electron chi connectivity index (χ4n) is 1.93. The Morgan fingerprint density at radius 3 is 2.74 bits per heavy atom. The molecule has 0 aliphatic carbocycles. The molecular weight excluding hydrogens is 251 g/mol. The van der Waals surface area contributed by atoms with E-state index in [-0.39, 0.29) is 11.5 Å². The lowest BCUT2D eigenvalue weighted by molar-refractivity contribution is -0.387. The van der Waals surface area contributed by atoms with E-state index in [0.29, 0.717) is 13.1 Å². The number of amides is 1. The summed E-state index contributed by atoms with van der Waals surface area (Å²) in [6.45, 7) is 3.07. The standard InChI is InChI=1S/C13H13FN2O3/c1-9-4-6-15(7-5-9)13(17)10-2-3-12(16(18)19)11(14)8-10/h2-4,8H,5-7H2,1H3. The van der Waals surface area contributed by atoms with Crippen LogP contribution in [0.1, 0.15) is 23.7 Å². The van der Waals surface area contributed by atoms with Crippen molar-refractivity contribution in [2.45, 2.75) is 13.3 Å². The summed E-state index contributed by atoms with van der Waals surface area (Å²) < 4.78 is 13.5. The molecule has 1 amide bonds. The van der Waals surface area contributed by atoms with Crippen molar-refractivity contribution in [2.75, 3.05) is 13.1 Å². The van der Waals surface area contributed by atoms with Crippen molar-refractivity contribution >= 4 is 11.6 Å². The Kier molecular flexibility index (Phi) is 3.59. The van der Waals surface area contributed by atoms with Gasteiger partial charge in [0.1, 0.15) is 0 Å².